The molecule has 1 aromatic carbocycles. The van der Waals surface area contributed by atoms with E-state index in [1.54, 1.807) is 18.1 Å². The zero-order valence-electron chi connectivity index (χ0n) is 11.5. The van der Waals surface area contributed by atoms with Crippen LogP contribution in [0.5, 0.6) is 5.88 Å². The maximum absolute atomic E-state index is 9.85. The molecule has 0 spiro atoms. The predicted molar refractivity (Wildman–Crippen MR) is 82.9 cm³/mol. The largest absolute Gasteiger partial charge is 0.493 e. The molecule has 1 atom stereocenters. The molecule has 0 aliphatic carbocycles. The predicted octanol–water partition coefficient (Wildman–Crippen LogP) is 2.63. The summed E-state index contributed by atoms with van der Waals surface area (Å²) >= 11 is 1.78. The lowest BCUT2D eigenvalue weighted by Gasteiger charge is -2.25. The van der Waals surface area contributed by atoms with E-state index < -0.39 is 0 Å². The van der Waals surface area contributed by atoms with Crippen LogP contribution in [0.1, 0.15) is 13.3 Å². The van der Waals surface area contributed by atoms with Gasteiger partial charge in [-0.15, -0.1) is 0 Å². The van der Waals surface area contributed by atoms with Crippen molar-refractivity contribution in [2.24, 2.45) is 0 Å². The van der Waals surface area contributed by atoms with E-state index in [1.807, 2.05) is 18.2 Å². The molecule has 1 fully saturated rings. The van der Waals surface area contributed by atoms with E-state index in [-0.39, 0.29) is 5.88 Å². The number of hydrogen-bond donors (Lipinski definition) is 2. The van der Waals surface area contributed by atoms with E-state index in [9.17, 15) is 5.11 Å². The molecule has 1 saturated heterocycles. The third-order valence-electron chi connectivity index (χ3n) is 3.62. The van der Waals surface area contributed by atoms with Crippen LogP contribution in [0.4, 0.5) is 0 Å². The first kappa shape index (κ1) is 13.7. The average molecular weight is 289 g/mol. The number of aromatic hydroxyl groups is 1. The minimum absolute atomic E-state index is 0.107. The second-order valence-electron chi connectivity index (χ2n) is 5.12. The SMILES string of the molecule is CC1CNCCCN1Sc1cccc2c(O)nccc12. The maximum Gasteiger partial charge on any atom is 0.218 e. The van der Waals surface area contributed by atoms with Crippen molar-refractivity contribution >= 4 is 22.7 Å². The minimum Gasteiger partial charge on any atom is -0.493 e. The molecule has 0 amide bonds. The van der Waals surface area contributed by atoms with Crippen molar-refractivity contribution in [1.29, 1.82) is 0 Å². The van der Waals surface area contributed by atoms with E-state index in [4.69, 9.17) is 0 Å². The Hall–Kier alpha value is -1.30. The van der Waals surface area contributed by atoms with Crippen LogP contribution in [0.3, 0.4) is 0 Å². The maximum atomic E-state index is 9.85. The molecule has 1 aliphatic heterocycles. The fraction of sp³-hybridized carbons (Fsp3) is 0.400. The molecule has 4 nitrogen and oxygen atoms in total. The smallest absolute Gasteiger partial charge is 0.218 e. The first-order chi connectivity index (χ1) is 9.75. The lowest BCUT2D eigenvalue weighted by Crippen LogP contribution is -2.32. The molecular formula is C15H19N3OS. The molecule has 0 radical (unpaired) electrons. The summed E-state index contributed by atoms with van der Waals surface area (Å²) in [5.74, 6) is 0.107. The highest BCUT2D eigenvalue weighted by Gasteiger charge is 2.18. The van der Waals surface area contributed by atoms with Crippen molar-refractivity contribution in [3.05, 3.63) is 30.5 Å². The number of nitrogens with zero attached hydrogens (tertiary/aromatic N) is 2. The van der Waals surface area contributed by atoms with Gasteiger partial charge in [0.05, 0.1) is 0 Å². The topological polar surface area (TPSA) is 48.4 Å². The van der Waals surface area contributed by atoms with E-state index in [2.05, 4.69) is 27.6 Å². The van der Waals surface area contributed by atoms with Crippen LogP contribution in [0.2, 0.25) is 0 Å². The highest BCUT2D eigenvalue weighted by Crippen LogP contribution is 2.34. The zero-order chi connectivity index (χ0) is 13.9. The molecule has 5 heteroatoms. The minimum atomic E-state index is 0.107. The third-order valence-corrected chi connectivity index (χ3v) is 4.95. The number of fused-ring (bicyclic) bond motifs is 1. The molecule has 1 aromatic heterocycles. The van der Waals surface area contributed by atoms with Crippen molar-refractivity contribution in [2.75, 3.05) is 19.6 Å². The van der Waals surface area contributed by atoms with Gasteiger partial charge in [0.1, 0.15) is 0 Å². The number of rotatable bonds is 2. The summed E-state index contributed by atoms with van der Waals surface area (Å²) in [6, 6.07) is 8.46. The Morgan fingerprint density at radius 1 is 1.35 bits per heavy atom. The van der Waals surface area contributed by atoms with Crippen molar-refractivity contribution in [3.8, 4) is 5.88 Å². The molecule has 1 unspecified atom stereocenters. The molecule has 106 valence electrons. The van der Waals surface area contributed by atoms with Gasteiger partial charge in [0.2, 0.25) is 5.88 Å². The van der Waals surface area contributed by atoms with Crippen LogP contribution >= 0.6 is 11.9 Å². The Bertz CT molecular complexity index is 605. The Balaban J connectivity index is 1.92. The molecule has 2 aromatic rings. The second-order valence-corrected chi connectivity index (χ2v) is 6.22. The van der Waals surface area contributed by atoms with Crippen molar-refractivity contribution < 1.29 is 5.11 Å². The van der Waals surface area contributed by atoms with Crippen molar-refractivity contribution in [3.63, 3.8) is 0 Å². The van der Waals surface area contributed by atoms with E-state index in [0.29, 0.717) is 6.04 Å². The van der Waals surface area contributed by atoms with Gasteiger partial charge in [0.25, 0.3) is 0 Å². The second kappa shape index (κ2) is 5.99. The molecule has 1 aliphatic rings. The highest BCUT2D eigenvalue weighted by atomic mass is 32.2. The molecule has 2 heterocycles. The summed E-state index contributed by atoms with van der Waals surface area (Å²) in [6.45, 7) is 5.42. The number of hydrogen-bond acceptors (Lipinski definition) is 5. The first-order valence-corrected chi connectivity index (χ1v) is 7.75. The van der Waals surface area contributed by atoms with Crippen molar-refractivity contribution in [2.45, 2.75) is 24.3 Å². The number of pyridine rings is 1. The summed E-state index contributed by atoms with van der Waals surface area (Å²) < 4.78 is 2.42. The van der Waals surface area contributed by atoms with Gasteiger partial charge in [-0.1, -0.05) is 6.07 Å². The van der Waals surface area contributed by atoms with Gasteiger partial charge in [-0.2, -0.15) is 0 Å². The quantitative estimate of drug-likeness (QED) is 0.832. The standard InChI is InChI=1S/C15H19N3OS/c1-11-10-16-7-3-9-18(11)20-14-5-2-4-13-12(14)6-8-17-15(13)19/h2,4-6,8,11,16H,3,7,9-10H2,1H3,(H,17,19). The average Bonchev–Trinajstić information content (AvgIpc) is 2.65. The van der Waals surface area contributed by atoms with Crippen LogP contribution in [0.25, 0.3) is 10.8 Å². The molecule has 2 N–H and O–H groups in total. The highest BCUT2D eigenvalue weighted by molar-refractivity contribution is 7.97. The van der Waals surface area contributed by atoms with Gasteiger partial charge in [-0.3, -0.25) is 0 Å². The Morgan fingerprint density at radius 3 is 3.15 bits per heavy atom. The van der Waals surface area contributed by atoms with Crippen LogP contribution in [0, 0.1) is 0 Å². The lowest BCUT2D eigenvalue weighted by atomic mass is 10.2. The monoisotopic (exact) mass is 289 g/mol. The van der Waals surface area contributed by atoms with Crippen LogP contribution in [-0.4, -0.2) is 40.1 Å². The Labute approximate surface area is 123 Å². The van der Waals surface area contributed by atoms with Gasteiger partial charge < -0.3 is 10.4 Å². The first-order valence-electron chi connectivity index (χ1n) is 6.98. The molecule has 20 heavy (non-hydrogen) atoms. The fourth-order valence-electron chi connectivity index (χ4n) is 2.50. The van der Waals surface area contributed by atoms with Crippen LogP contribution in [-0.2, 0) is 0 Å². The summed E-state index contributed by atoms with van der Waals surface area (Å²) in [5, 5.41) is 15.2. The van der Waals surface area contributed by atoms with E-state index in [0.717, 1.165) is 36.8 Å². The lowest BCUT2D eigenvalue weighted by molar-refractivity contribution is 0.394. The van der Waals surface area contributed by atoms with Gasteiger partial charge >= 0.3 is 0 Å². The Morgan fingerprint density at radius 2 is 2.25 bits per heavy atom. The van der Waals surface area contributed by atoms with Crippen LogP contribution < -0.4 is 5.32 Å². The van der Waals surface area contributed by atoms with E-state index >= 15 is 0 Å². The summed E-state index contributed by atoms with van der Waals surface area (Å²) in [4.78, 5) is 5.12. The summed E-state index contributed by atoms with van der Waals surface area (Å²) in [5.41, 5.74) is 0. The molecular weight excluding hydrogens is 270 g/mol. The van der Waals surface area contributed by atoms with Crippen molar-refractivity contribution in [1.82, 2.24) is 14.6 Å². The molecule has 0 saturated carbocycles. The van der Waals surface area contributed by atoms with Gasteiger partial charge in [0, 0.05) is 41.0 Å². The molecule has 0 bridgehead atoms. The molecule has 3 rings (SSSR count). The summed E-state index contributed by atoms with van der Waals surface area (Å²) in [6.07, 6.45) is 2.82. The Kier molecular flexibility index (Phi) is 4.10. The van der Waals surface area contributed by atoms with Gasteiger partial charge in [-0.25, -0.2) is 9.29 Å². The van der Waals surface area contributed by atoms with E-state index in [1.165, 1.54) is 4.90 Å². The number of nitrogens with one attached hydrogen (secondary N) is 1. The third kappa shape index (κ3) is 2.75. The normalized spacial score (nSPS) is 20.9. The van der Waals surface area contributed by atoms with Gasteiger partial charge in [-0.05, 0) is 50.0 Å². The summed E-state index contributed by atoms with van der Waals surface area (Å²) in [7, 11) is 0. The number of benzene rings is 1. The van der Waals surface area contributed by atoms with Crippen LogP contribution in [0.15, 0.2) is 35.4 Å². The zero-order valence-corrected chi connectivity index (χ0v) is 12.4. The number of aromatic nitrogens is 1. The van der Waals surface area contributed by atoms with Gasteiger partial charge in [0.15, 0.2) is 0 Å². The fourth-order valence-corrected chi connectivity index (χ4v) is 3.64.